The first-order valence-corrected chi connectivity index (χ1v) is 9.13. The molecule has 1 amide bonds. The van der Waals surface area contributed by atoms with E-state index in [-0.39, 0.29) is 18.3 Å². The molecule has 0 bridgehead atoms. The highest BCUT2D eigenvalue weighted by Gasteiger charge is 2.26. The Hall–Kier alpha value is -2.68. The second-order valence-corrected chi connectivity index (χ2v) is 6.59. The van der Waals surface area contributed by atoms with Crippen molar-refractivity contribution in [2.75, 3.05) is 29.0 Å². The molecule has 7 heteroatoms. The second-order valence-electron chi connectivity index (χ2n) is 5.62. The van der Waals surface area contributed by atoms with Crippen LogP contribution in [-0.4, -0.2) is 29.0 Å². The van der Waals surface area contributed by atoms with Gasteiger partial charge in [0.25, 0.3) is 0 Å². The lowest BCUT2D eigenvalue weighted by atomic mass is 10.1. The van der Waals surface area contributed by atoms with Crippen LogP contribution < -0.4 is 16.0 Å². The van der Waals surface area contributed by atoms with E-state index in [9.17, 15) is 4.79 Å². The molecule has 2 heterocycles. The SMILES string of the molecule is Nc1nc(I)nc2c1NC(=O)CN2CC1=C/C=C\C=C/C=C\C=C/C=C\1. The number of fused-ring (bicyclic) bond motifs is 1. The third-order valence-corrected chi connectivity index (χ3v) is 4.15. The highest BCUT2D eigenvalue weighted by atomic mass is 127. The second kappa shape index (κ2) is 8.61. The zero-order chi connectivity index (χ0) is 18.4. The van der Waals surface area contributed by atoms with Crippen molar-refractivity contribution in [3.05, 3.63) is 76.2 Å². The molecule has 1 aliphatic carbocycles. The molecule has 6 nitrogen and oxygen atoms in total. The number of halogens is 1. The van der Waals surface area contributed by atoms with Crippen molar-refractivity contribution in [3.63, 3.8) is 0 Å². The smallest absolute Gasteiger partial charge is 0.244 e. The fourth-order valence-electron chi connectivity index (χ4n) is 2.53. The largest absolute Gasteiger partial charge is 0.382 e. The Morgan fingerprint density at radius 3 is 2.42 bits per heavy atom. The molecule has 0 radical (unpaired) electrons. The lowest BCUT2D eigenvalue weighted by Crippen LogP contribution is -2.40. The quantitative estimate of drug-likeness (QED) is 0.525. The Morgan fingerprint density at radius 2 is 1.69 bits per heavy atom. The van der Waals surface area contributed by atoms with Crippen LogP contribution >= 0.6 is 22.6 Å². The average Bonchev–Trinajstić information content (AvgIpc) is 2.58. The number of carbonyl (C=O) groups excluding carboxylic acids is 1. The number of nitrogens with zero attached hydrogens (tertiary/aromatic N) is 3. The molecular formula is C19H18IN5O. The summed E-state index contributed by atoms with van der Waals surface area (Å²) < 4.78 is 0.544. The molecule has 1 aliphatic heterocycles. The molecule has 0 spiro atoms. The zero-order valence-electron chi connectivity index (χ0n) is 14.0. The summed E-state index contributed by atoms with van der Waals surface area (Å²) in [6, 6.07) is 0. The maximum atomic E-state index is 12.1. The van der Waals surface area contributed by atoms with Gasteiger partial charge in [0.2, 0.25) is 5.91 Å². The summed E-state index contributed by atoms with van der Waals surface area (Å²) in [5.74, 6) is 0.792. The molecular weight excluding hydrogens is 441 g/mol. The number of aromatic nitrogens is 2. The van der Waals surface area contributed by atoms with Gasteiger partial charge in [-0.25, -0.2) is 9.97 Å². The molecule has 1 aromatic rings. The van der Waals surface area contributed by atoms with Crippen molar-refractivity contribution in [3.8, 4) is 0 Å². The fourth-order valence-corrected chi connectivity index (χ4v) is 3.02. The summed E-state index contributed by atoms with van der Waals surface area (Å²) in [7, 11) is 0. The van der Waals surface area contributed by atoms with Crippen LogP contribution in [0.3, 0.4) is 0 Å². The van der Waals surface area contributed by atoms with Gasteiger partial charge in [0, 0.05) is 29.1 Å². The zero-order valence-corrected chi connectivity index (χ0v) is 16.1. The Bertz CT molecular complexity index is 880. The van der Waals surface area contributed by atoms with Crippen LogP contribution in [0.15, 0.2) is 72.4 Å². The number of rotatable bonds is 2. The van der Waals surface area contributed by atoms with Gasteiger partial charge in [-0.2, -0.15) is 0 Å². The van der Waals surface area contributed by atoms with E-state index in [1.54, 1.807) is 0 Å². The lowest BCUT2D eigenvalue weighted by molar-refractivity contribution is -0.115. The van der Waals surface area contributed by atoms with Crippen LogP contribution in [-0.2, 0) is 4.79 Å². The number of anilines is 3. The number of allylic oxidation sites excluding steroid dienone is 10. The van der Waals surface area contributed by atoms with Gasteiger partial charge in [0.05, 0.1) is 6.54 Å². The van der Waals surface area contributed by atoms with E-state index < -0.39 is 0 Å². The Balaban J connectivity index is 1.91. The van der Waals surface area contributed by atoms with Crippen molar-refractivity contribution in [1.29, 1.82) is 0 Å². The lowest BCUT2D eigenvalue weighted by Gasteiger charge is -2.30. The first-order chi connectivity index (χ1) is 12.6. The summed E-state index contributed by atoms with van der Waals surface area (Å²) in [6.45, 7) is 0.744. The predicted molar refractivity (Wildman–Crippen MR) is 114 cm³/mol. The Kier molecular flexibility index (Phi) is 6.00. The molecule has 0 saturated carbocycles. The fraction of sp³-hybridized carbons (Fsp3) is 0.105. The molecule has 0 saturated heterocycles. The van der Waals surface area contributed by atoms with E-state index in [4.69, 9.17) is 5.73 Å². The number of hydrogen-bond acceptors (Lipinski definition) is 5. The minimum atomic E-state index is -0.129. The van der Waals surface area contributed by atoms with Gasteiger partial charge in [-0.1, -0.05) is 66.8 Å². The number of nitrogen functional groups attached to an aromatic ring is 1. The molecule has 2 aliphatic rings. The van der Waals surface area contributed by atoms with Crippen molar-refractivity contribution in [1.82, 2.24) is 9.97 Å². The van der Waals surface area contributed by atoms with Gasteiger partial charge in [-0.05, 0) is 5.57 Å². The molecule has 0 fully saturated rings. The molecule has 0 atom stereocenters. The number of carbonyl (C=O) groups is 1. The van der Waals surface area contributed by atoms with E-state index in [0.717, 1.165) is 5.57 Å². The highest BCUT2D eigenvalue weighted by Crippen LogP contribution is 2.32. The number of hydrogen-bond donors (Lipinski definition) is 2. The minimum absolute atomic E-state index is 0.129. The maximum Gasteiger partial charge on any atom is 0.244 e. The van der Waals surface area contributed by atoms with E-state index >= 15 is 0 Å². The molecule has 1 aromatic heterocycles. The van der Waals surface area contributed by atoms with E-state index in [1.165, 1.54) is 0 Å². The Labute approximate surface area is 165 Å². The molecule has 0 aromatic carbocycles. The normalized spacial score (nSPS) is 24.7. The van der Waals surface area contributed by atoms with Gasteiger partial charge in [-0.15, -0.1) is 0 Å². The van der Waals surface area contributed by atoms with Crippen molar-refractivity contribution in [2.24, 2.45) is 0 Å². The van der Waals surface area contributed by atoms with Gasteiger partial charge in [0.15, 0.2) is 15.5 Å². The molecule has 0 unspecified atom stereocenters. The van der Waals surface area contributed by atoms with Gasteiger partial charge in [0.1, 0.15) is 5.69 Å². The van der Waals surface area contributed by atoms with Gasteiger partial charge in [-0.3, -0.25) is 4.79 Å². The monoisotopic (exact) mass is 459 g/mol. The Morgan fingerprint density at radius 1 is 1.04 bits per heavy atom. The van der Waals surface area contributed by atoms with Crippen LogP contribution in [0.4, 0.5) is 17.3 Å². The molecule has 3 rings (SSSR count). The molecule has 132 valence electrons. The maximum absolute atomic E-state index is 12.1. The van der Waals surface area contributed by atoms with Crippen LogP contribution in [0.5, 0.6) is 0 Å². The summed E-state index contributed by atoms with van der Waals surface area (Å²) in [4.78, 5) is 22.6. The third-order valence-electron chi connectivity index (χ3n) is 3.67. The summed E-state index contributed by atoms with van der Waals surface area (Å²) >= 11 is 2.02. The van der Waals surface area contributed by atoms with E-state index in [1.807, 2.05) is 94.3 Å². The summed E-state index contributed by atoms with van der Waals surface area (Å²) in [5, 5.41) is 2.77. The number of nitrogens with two attached hydrogens (primary N) is 1. The predicted octanol–water partition coefficient (Wildman–Crippen LogP) is 3.14. The van der Waals surface area contributed by atoms with Crippen LogP contribution in [0.25, 0.3) is 0 Å². The molecule has 26 heavy (non-hydrogen) atoms. The van der Waals surface area contributed by atoms with Crippen LogP contribution in [0.2, 0.25) is 0 Å². The van der Waals surface area contributed by atoms with Crippen molar-refractivity contribution >= 4 is 45.8 Å². The van der Waals surface area contributed by atoms with E-state index in [2.05, 4.69) is 15.3 Å². The minimum Gasteiger partial charge on any atom is -0.382 e. The first kappa shape index (κ1) is 18.1. The van der Waals surface area contributed by atoms with Gasteiger partial charge < -0.3 is 16.0 Å². The molecule has 3 N–H and O–H groups in total. The standard InChI is InChI=1S/C19H18IN5O/c20-19-23-17(21)16-18(24-19)25(13-15(26)22-16)12-14-10-8-6-4-2-1-3-5-7-9-11-14/h1-11H,12-13H2,(H,22,26)(H2,21,23,24)/b2-1-,3-1?,4-2?,5-3-,6-4-,7-5?,8-6?,9-7-,10-8-,11-9?,14-10?,14-11+. The van der Waals surface area contributed by atoms with Gasteiger partial charge >= 0.3 is 0 Å². The van der Waals surface area contributed by atoms with Crippen molar-refractivity contribution in [2.45, 2.75) is 0 Å². The van der Waals surface area contributed by atoms with E-state index in [0.29, 0.717) is 21.9 Å². The van der Waals surface area contributed by atoms with Crippen molar-refractivity contribution < 1.29 is 4.79 Å². The number of amides is 1. The summed E-state index contributed by atoms with van der Waals surface area (Å²) in [5.41, 5.74) is 7.47. The third kappa shape index (κ3) is 4.69. The average molecular weight is 459 g/mol. The summed E-state index contributed by atoms with van der Waals surface area (Å²) in [6.07, 6.45) is 21.7. The van der Waals surface area contributed by atoms with Crippen LogP contribution in [0.1, 0.15) is 0 Å². The number of nitrogens with one attached hydrogen (secondary N) is 1. The van der Waals surface area contributed by atoms with Crippen LogP contribution in [0, 0.1) is 3.83 Å². The highest BCUT2D eigenvalue weighted by molar-refractivity contribution is 14.1. The first-order valence-electron chi connectivity index (χ1n) is 8.05. The topological polar surface area (TPSA) is 84.1 Å².